The molecule has 0 N–H and O–H groups in total. The molecule has 0 aromatic rings. The molecule has 0 rings (SSSR count). The van der Waals surface area contributed by atoms with Gasteiger partial charge in [-0.2, -0.15) is 0 Å². The second-order valence-corrected chi connectivity index (χ2v) is 10.3. The highest BCUT2D eigenvalue weighted by molar-refractivity contribution is 5.88. The number of unbranched alkanes of at least 4 members (excludes halogenated alkanes) is 21. The summed E-state index contributed by atoms with van der Waals surface area (Å²) in [4.78, 5) is 12.0. The molecule has 0 amide bonds. The molecular formula is C31H59FO2. The maximum absolute atomic E-state index is 14.2. The van der Waals surface area contributed by atoms with Crippen molar-refractivity contribution >= 4 is 5.97 Å². The van der Waals surface area contributed by atoms with Crippen molar-refractivity contribution in [3.05, 3.63) is 12.2 Å². The van der Waals surface area contributed by atoms with Crippen LogP contribution in [-0.2, 0) is 9.53 Å². The van der Waals surface area contributed by atoms with Crippen LogP contribution in [0.25, 0.3) is 0 Å². The predicted molar refractivity (Wildman–Crippen MR) is 147 cm³/mol. The Hall–Kier alpha value is -0.860. The molecule has 0 bridgehead atoms. The molecule has 2 nitrogen and oxygen atoms in total. The molecule has 34 heavy (non-hydrogen) atoms. The van der Waals surface area contributed by atoms with E-state index in [1.165, 1.54) is 116 Å². The molecule has 0 aliphatic carbocycles. The summed E-state index contributed by atoms with van der Waals surface area (Å²) in [5.74, 6) is -0.545. The minimum Gasteiger partial charge on any atom is -0.462 e. The first-order valence-electron chi connectivity index (χ1n) is 15.1. The van der Waals surface area contributed by atoms with Crippen LogP contribution < -0.4 is 0 Å². The number of hydrogen-bond donors (Lipinski definition) is 0. The monoisotopic (exact) mass is 482 g/mol. The van der Waals surface area contributed by atoms with E-state index in [1.54, 1.807) is 0 Å². The second-order valence-electron chi connectivity index (χ2n) is 10.3. The minimum atomic E-state index is -1.26. The van der Waals surface area contributed by atoms with Crippen LogP contribution in [-0.4, -0.2) is 18.7 Å². The fourth-order valence-corrected chi connectivity index (χ4v) is 4.49. The number of ether oxygens (including phenoxy) is 1. The quantitative estimate of drug-likeness (QED) is 0.0661. The summed E-state index contributed by atoms with van der Waals surface area (Å²) in [6.45, 7) is 8.51. The van der Waals surface area contributed by atoms with Gasteiger partial charge in [0.05, 0.1) is 12.2 Å². The lowest BCUT2D eigenvalue weighted by molar-refractivity contribution is -0.139. The van der Waals surface area contributed by atoms with E-state index < -0.39 is 12.1 Å². The highest BCUT2D eigenvalue weighted by Gasteiger charge is 2.19. The van der Waals surface area contributed by atoms with E-state index in [4.69, 9.17) is 4.74 Å². The number of esters is 1. The largest absolute Gasteiger partial charge is 0.462 e. The Labute approximate surface area is 212 Å². The normalized spacial score (nSPS) is 12.1. The molecule has 1 unspecified atom stereocenters. The Balaban J connectivity index is 3.39. The Morgan fingerprint density at radius 2 is 0.912 bits per heavy atom. The van der Waals surface area contributed by atoms with E-state index in [0.717, 1.165) is 32.1 Å². The molecule has 0 aromatic heterocycles. The van der Waals surface area contributed by atoms with Crippen molar-refractivity contribution in [1.82, 2.24) is 0 Å². The third-order valence-corrected chi connectivity index (χ3v) is 6.93. The van der Waals surface area contributed by atoms with Gasteiger partial charge in [0.25, 0.3) is 0 Å². The van der Waals surface area contributed by atoms with Gasteiger partial charge in [-0.1, -0.05) is 162 Å². The van der Waals surface area contributed by atoms with Gasteiger partial charge in [0.1, 0.15) is 6.17 Å². The van der Waals surface area contributed by atoms with Crippen LogP contribution >= 0.6 is 0 Å². The molecule has 0 radical (unpaired) electrons. The summed E-state index contributed by atoms with van der Waals surface area (Å²) in [6.07, 6.45) is 28.3. The number of halogens is 1. The fraction of sp³-hybridized carbons (Fsp3) is 0.903. The number of carbonyl (C=O) groups excluding carboxylic acids is 1. The van der Waals surface area contributed by atoms with Gasteiger partial charge in [0.2, 0.25) is 0 Å². The second kappa shape index (κ2) is 26.7. The van der Waals surface area contributed by atoms with Crippen LogP contribution in [0.15, 0.2) is 12.2 Å². The van der Waals surface area contributed by atoms with Crippen LogP contribution in [0.1, 0.15) is 168 Å². The van der Waals surface area contributed by atoms with Crippen molar-refractivity contribution in [2.75, 3.05) is 6.61 Å². The van der Waals surface area contributed by atoms with E-state index in [0.29, 0.717) is 13.0 Å². The average molecular weight is 483 g/mol. The Morgan fingerprint density at radius 3 is 1.29 bits per heavy atom. The van der Waals surface area contributed by atoms with Crippen LogP contribution in [0.3, 0.4) is 0 Å². The lowest BCUT2D eigenvalue weighted by Gasteiger charge is -2.11. The molecule has 0 fully saturated rings. The zero-order valence-corrected chi connectivity index (χ0v) is 23.2. The zero-order chi connectivity index (χ0) is 25.1. The van der Waals surface area contributed by atoms with E-state index in [9.17, 15) is 9.18 Å². The van der Waals surface area contributed by atoms with Crippen LogP contribution in [0.5, 0.6) is 0 Å². The van der Waals surface area contributed by atoms with Gasteiger partial charge >= 0.3 is 5.97 Å². The van der Waals surface area contributed by atoms with Crippen molar-refractivity contribution in [2.45, 2.75) is 174 Å². The van der Waals surface area contributed by atoms with Gasteiger partial charge in [0.15, 0.2) is 0 Å². The summed E-state index contributed by atoms with van der Waals surface area (Å²) in [5.41, 5.74) is 0.00229. The Morgan fingerprint density at radius 1 is 0.588 bits per heavy atom. The summed E-state index contributed by atoms with van der Waals surface area (Å²) < 4.78 is 19.4. The Kier molecular flexibility index (Phi) is 26.1. The highest BCUT2D eigenvalue weighted by atomic mass is 19.1. The summed E-state index contributed by atoms with van der Waals surface area (Å²) in [6, 6.07) is 0. The van der Waals surface area contributed by atoms with E-state index in [2.05, 4.69) is 20.4 Å². The minimum absolute atomic E-state index is 0.00229. The Bertz CT molecular complexity index is 449. The summed E-state index contributed by atoms with van der Waals surface area (Å²) in [5, 5.41) is 0. The van der Waals surface area contributed by atoms with Crippen molar-refractivity contribution in [2.24, 2.45) is 0 Å². The molecule has 0 heterocycles. The third-order valence-electron chi connectivity index (χ3n) is 6.93. The van der Waals surface area contributed by atoms with Crippen molar-refractivity contribution in [3.63, 3.8) is 0 Å². The first-order valence-corrected chi connectivity index (χ1v) is 15.1. The zero-order valence-electron chi connectivity index (χ0n) is 23.2. The van der Waals surface area contributed by atoms with E-state index >= 15 is 0 Å². The van der Waals surface area contributed by atoms with E-state index in [1.807, 2.05) is 0 Å². The predicted octanol–water partition coefficient (Wildman–Crippen LogP) is 10.8. The summed E-state index contributed by atoms with van der Waals surface area (Å²) >= 11 is 0. The van der Waals surface area contributed by atoms with Crippen LogP contribution in [0, 0.1) is 0 Å². The number of rotatable bonds is 27. The topological polar surface area (TPSA) is 26.3 Å². The molecule has 202 valence electrons. The van der Waals surface area contributed by atoms with Crippen LogP contribution in [0.2, 0.25) is 0 Å². The van der Waals surface area contributed by atoms with Crippen molar-refractivity contribution in [3.8, 4) is 0 Å². The van der Waals surface area contributed by atoms with Gasteiger partial charge in [-0.05, 0) is 12.8 Å². The van der Waals surface area contributed by atoms with E-state index in [-0.39, 0.29) is 5.57 Å². The molecule has 1 atom stereocenters. The number of alkyl halides is 1. The van der Waals surface area contributed by atoms with Gasteiger partial charge in [-0.25, -0.2) is 9.18 Å². The number of hydrogen-bond acceptors (Lipinski definition) is 2. The molecule has 0 saturated heterocycles. The molecule has 0 aliphatic heterocycles. The average Bonchev–Trinajstić information content (AvgIpc) is 2.84. The molecule has 0 aromatic carbocycles. The summed E-state index contributed by atoms with van der Waals surface area (Å²) in [7, 11) is 0. The maximum atomic E-state index is 14.2. The molecule has 0 spiro atoms. The van der Waals surface area contributed by atoms with Crippen LogP contribution in [0.4, 0.5) is 4.39 Å². The smallest absolute Gasteiger partial charge is 0.336 e. The lowest BCUT2D eigenvalue weighted by Crippen LogP contribution is -2.16. The standard InChI is InChI=1S/C31H59FO2/c1-4-6-8-10-12-13-14-15-16-17-18-19-20-22-24-26-28-34-31(33)29(3)30(32)27-25-23-21-11-9-7-5-2/h30H,3-28H2,1-2H3. The first-order chi connectivity index (χ1) is 16.6. The molecular weight excluding hydrogens is 423 g/mol. The highest BCUT2D eigenvalue weighted by Crippen LogP contribution is 2.17. The maximum Gasteiger partial charge on any atom is 0.336 e. The van der Waals surface area contributed by atoms with Gasteiger partial charge < -0.3 is 4.74 Å². The van der Waals surface area contributed by atoms with Gasteiger partial charge in [0, 0.05) is 0 Å². The molecule has 0 aliphatic rings. The molecule has 0 saturated carbocycles. The van der Waals surface area contributed by atoms with Gasteiger partial charge in [-0.15, -0.1) is 0 Å². The third kappa shape index (κ3) is 22.9. The number of carbonyl (C=O) groups is 1. The van der Waals surface area contributed by atoms with Crippen molar-refractivity contribution in [1.29, 1.82) is 0 Å². The molecule has 3 heteroatoms. The van der Waals surface area contributed by atoms with Gasteiger partial charge in [-0.3, -0.25) is 0 Å². The first kappa shape index (κ1) is 33.1. The fourth-order valence-electron chi connectivity index (χ4n) is 4.49. The SMILES string of the molecule is C=C(C(=O)OCCCCCCCCCCCCCCCCCC)C(F)CCCCCCCCC. The van der Waals surface area contributed by atoms with Crippen molar-refractivity contribution < 1.29 is 13.9 Å². The lowest BCUT2D eigenvalue weighted by atomic mass is 10.0.